The standard InChI is InChI=1S/C44H30N4.Cd/c1-5-13-29(14-6-1)41-33-21-23-35(45-33)42(30-15-7-2-8-16-30)37-25-27-39(47-37)44(32-19-11-4-12-20-32)40-28-26-38(48-40)43(31-17-9-3-10-18-31)36-24-22-34(41)46-36;/h1-28,45,48H;/q-2;+2/b41-33?,41-34-,42-35?,42-37-,43-36-,43-38?,44-39-,44-40?;. The van der Waals surface area contributed by atoms with E-state index < -0.39 is 0 Å². The molecule has 0 unspecified atom stereocenters. The second kappa shape index (κ2) is 13.1. The van der Waals surface area contributed by atoms with Gasteiger partial charge >= 0.3 is 27.3 Å². The average Bonchev–Trinajstić information content (AvgIpc) is 3.98. The van der Waals surface area contributed by atoms with Crippen molar-refractivity contribution < 1.29 is 27.3 Å². The van der Waals surface area contributed by atoms with E-state index in [4.69, 9.17) is 9.97 Å². The van der Waals surface area contributed by atoms with Crippen molar-refractivity contribution in [3.05, 3.63) is 236 Å². The molecule has 5 heterocycles. The van der Waals surface area contributed by atoms with Crippen molar-refractivity contribution in [3.63, 3.8) is 0 Å². The molecular weight excluding hydrogens is 697 g/mol. The van der Waals surface area contributed by atoms with E-state index in [2.05, 4.69) is 156 Å². The molecule has 0 aliphatic carbocycles. The molecule has 8 bridgehead atoms. The molecule has 228 valence electrons. The van der Waals surface area contributed by atoms with Crippen molar-refractivity contribution >= 4 is 22.3 Å². The monoisotopic (exact) mass is 728 g/mol. The van der Waals surface area contributed by atoms with Crippen LogP contribution in [0, 0.1) is 0 Å². The Bertz CT molecular complexity index is 2280. The van der Waals surface area contributed by atoms with Gasteiger partial charge in [0.15, 0.2) is 0 Å². The van der Waals surface area contributed by atoms with Crippen LogP contribution >= 0.6 is 0 Å². The smallest absolute Gasteiger partial charge is 0.657 e. The van der Waals surface area contributed by atoms with E-state index in [0.717, 1.165) is 88.7 Å². The fourth-order valence-electron chi connectivity index (χ4n) is 6.84. The summed E-state index contributed by atoms with van der Waals surface area (Å²) in [6, 6.07) is 59.2. The molecule has 49 heavy (non-hydrogen) atoms. The Labute approximate surface area is 304 Å². The number of H-pyrrole nitrogens is 2. The third-order valence-corrected chi connectivity index (χ3v) is 9.00. The van der Waals surface area contributed by atoms with Gasteiger partial charge in [-0.1, -0.05) is 146 Å². The fraction of sp³-hybridized carbons (Fsp3) is 0. The third kappa shape index (κ3) is 5.68. The van der Waals surface area contributed by atoms with E-state index in [0.29, 0.717) is 0 Å². The Morgan fingerprint density at radius 2 is 0.490 bits per heavy atom. The van der Waals surface area contributed by atoms with E-state index in [1.165, 1.54) is 0 Å². The summed E-state index contributed by atoms with van der Waals surface area (Å²) >= 11 is 0. The van der Waals surface area contributed by atoms with Crippen LogP contribution < -0.4 is 31.4 Å². The number of hydrogen-bond acceptors (Lipinski definition) is 0. The zero-order valence-corrected chi connectivity index (χ0v) is 30.8. The molecule has 4 aromatic heterocycles. The van der Waals surface area contributed by atoms with Crippen molar-refractivity contribution in [1.82, 2.24) is 19.9 Å². The predicted octanol–water partition coefficient (Wildman–Crippen LogP) is 5.56. The number of aromatic amines is 2. The molecule has 0 spiro atoms. The Hall–Kier alpha value is -5.60. The number of fused-ring (bicyclic) bond motifs is 8. The normalized spacial score (nSPS) is 17.0. The van der Waals surface area contributed by atoms with Gasteiger partial charge in [-0.25, -0.2) is 0 Å². The van der Waals surface area contributed by atoms with Crippen LogP contribution in [-0.2, 0) is 27.3 Å². The molecule has 0 saturated heterocycles. The van der Waals surface area contributed by atoms with Crippen molar-refractivity contribution in [2.75, 3.05) is 0 Å². The topological polar surface area (TPSA) is 59.8 Å². The van der Waals surface area contributed by atoms with Crippen LogP contribution in [0.4, 0.5) is 0 Å². The molecule has 0 fully saturated rings. The SMILES string of the molecule is [Cd+2].c1ccc(/C2=c3\cc/c([n-]3)=C(\c3ccccc3)c3ccc([nH]3)/C(c3ccccc3)=c3/cc/c([n-]3)=C(\c3ccccc3)c3ccc2[nH]3)cc1. The Kier molecular flexibility index (Phi) is 8.23. The first kappa shape index (κ1) is 30.7. The predicted molar refractivity (Wildman–Crippen MR) is 192 cm³/mol. The van der Waals surface area contributed by atoms with E-state index >= 15 is 0 Å². The molecule has 0 radical (unpaired) electrons. The molecule has 4 nitrogen and oxygen atoms in total. The zero-order chi connectivity index (χ0) is 31.9. The van der Waals surface area contributed by atoms with Gasteiger partial charge < -0.3 is 19.9 Å². The van der Waals surface area contributed by atoms with Crippen LogP contribution in [0.2, 0.25) is 0 Å². The summed E-state index contributed by atoms with van der Waals surface area (Å²) in [7, 11) is 0. The summed E-state index contributed by atoms with van der Waals surface area (Å²) in [6.07, 6.45) is 0. The van der Waals surface area contributed by atoms with Gasteiger partial charge in [-0.15, -0.1) is 21.4 Å². The largest absolute Gasteiger partial charge is 2.00 e. The number of hydrogen-bond donors (Lipinski definition) is 2. The molecule has 8 aromatic rings. The number of nitrogens with one attached hydrogen (secondary N) is 2. The molecule has 0 saturated carbocycles. The van der Waals surface area contributed by atoms with Crippen molar-refractivity contribution in [2.45, 2.75) is 0 Å². The van der Waals surface area contributed by atoms with Crippen molar-refractivity contribution in [1.29, 1.82) is 0 Å². The Morgan fingerprint density at radius 3 is 0.714 bits per heavy atom. The van der Waals surface area contributed by atoms with Gasteiger partial charge in [0.25, 0.3) is 0 Å². The molecule has 1 aliphatic heterocycles. The minimum absolute atomic E-state index is 0. The van der Waals surface area contributed by atoms with E-state index in [1.807, 2.05) is 24.3 Å². The first-order chi connectivity index (χ1) is 23.8. The number of nitrogens with zero attached hydrogens (tertiary/aromatic N) is 2. The van der Waals surface area contributed by atoms with Gasteiger partial charge in [-0.05, 0) is 68.8 Å². The van der Waals surface area contributed by atoms with Crippen LogP contribution in [0.1, 0.15) is 45.0 Å². The second-order valence-electron chi connectivity index (χ2n) is 12.0. The Morgan fingerprint density at radius 1 is 0.265 bits per heavy atom. The van der Waals surface area contributed by atoms with Gasteiger partial charge in [0, 0.05) is 22.8 Å². The number of benzene rings is 4. The quantitative estimate of drug-likeness (QED) is 0.234. The maximum Gasteiger partial charge on any atom is 2.00 e. The minimum atomic E-state index is 0. The van der Waals surface area contributed by atoms with Crippen LogP contribution in [0.3, 0.4) is 0 Å². The minimum Gasteiger partial charge on any atom is -0.657 e. The van der Waals surface area contributed by atoms with Crippen LogP contribution in [0.15, 0.2) is 170 Å². The maximum atomic E-state index is 5.35. The van der Waals surface area contributed by atoms with Gasteiger partial charge in [0.1, 0.15) is 0 Å². The Balaban J connectivity index is 0.00000348. The third-order valence-electron chi connectivity index (χ3n) is 9.00. The first-order valence-electron chi connectivity index (χ1n) is 16.2. The van der Waals surface area contributed by atoms with Crippen LogP contribution in [0.5, 0.6) is 0 Å². The van der Waals surface area contributed by atoms with Crippen LogP contribution in [-0.4, -0.2) is 9.97 Å². The molecular formula is C44H30CdN4. The molecule has 0 amide bonds. The van der Waals surface area contributed by atoms with Gasteiger partial charge in [0.2, 0.25) is 0 Å². The zero-order valence-electron chi connectivity index (χ0n) is 26.8. The van der Waals surface area contributed by atoms with E-state index in [9.17, 15) is 0 Å². The molecule has 2 N–H and O–H groups in total. The number of aromatic nitrogens is 4. The summed E-state index contributed by atoms with van der Waals surface area (Å²) in [5.41, 5.74) is 12.5. The van der Waals surface area contributed by atoms with Gasteiger partial charge in [0.05, 0.1) is 0 Å². The molecule has 4 aromatic carbocycles. The summed E-state index contributed by atoms with van der Waals surface area (Å²) in [5, 5.41) is 3.62. The summed E-state index contributed by atoms with van der Waals surface area (Å²) in [5.74, 6) is 0. The first-order valence-corrected chi connectivity index (χ1v) is 16.2. The van der Waals surface area contributed by atoms with Crippen molar-refractivity contribution in [3.8, 4) is 0 Å². The van der Waals surface area contributed by atoms with Gasteiger partial charge in [-0.2, -0.15) is 0 Å². The average molecular weight is 727 g/mol. The summed E-state index contributed by atoms with van der Waals surface area (Å²) in [6.45, 7) is 0. The molecule has 0 atom stereocenters. The van der Waals surface area contributed by atoms with E-state index in [1.54, 1.807) is 0 Å². The van der Waals surface area contributed by atoms with Gasteiger partial charge in [-0.3, -0.25) is 0 Å². The molecule has 1 aliphatic rings. The second-order valence-corrected chi connectivity index (χ2v) is 12.0. The summed E-state index contributed by atoms with van der Waals surface area (Å²) < 4.78 is 0. The van der Waals surface area contributed by atoms with Crippen molar-refractivity contribution in [2.24, 2.45) is 0 Å². The maximum absolute atomic E-state index is 5.35. The van der Waals surface area contributed by atoms with Crippen LogP contribution in [0.25, 0.3) is 22.3 Å². The fourth-order valence-corrected chi connectivity index (χ4v) is 6.84. The molecule has 5 heteroatoms. The molecule has 9 rings (SSSR count). The summed E-state index contributed by atoms with van der Waals surface area (Å²) in [4.78, 5) is 18.3. The van der Waals surface area contributed by atoms with E-state index in [-0.39, 0.29) is 27.3 Å². The number of rotatable bonds is 4.